The average Bonchev–Trinajstić information content (AvgIpc) is 3.55. The second-order valence-electron chi connectivity index (χ2n) is 8.26. The molecule has 1 aliphatic rings. The Morgan fingerprint density at radius 1 is 1.03 bits per heavy atom. The van der Waals surface area contributed by atoms with E-state index in [0.29, 0.717) is 41.5 Å². The van der Waals surface area contributed by atoms with Crippen molar-refractivity contribution in [2.45, 2.75) is 71.1 Å². The number of aromatic nitrogens is 1. The van der Waals surface area contributed by atoms with Crippen LogP contribution in [0, 0.1) is 5.92 Å². The molecule has 6 nitrogen and oxygen atoms in total. The van der Waals surface area contributed by atoms with Gasteiger partial charge in [0.2, 0.25) is 5.43 Å². The lowest BCUT2D eigenvalue weighted by atomic mass is 10.1. The highest BCUT2D eigenvalue weighted by Crippen LogP contribution is 2.35. The number of hydrogen-bond donors (Lipinski definition) is 2. The molecule has 6 heteroatoms. The number of hydrogen-bond acceptors (Lipinski definition) is 4. The summed E-state index contributed by atoms with van der Waals surface area (Å²) in [4.78, 5) is 26.7. The molecular formula is C24H33NO5. The Morgan fingerprint density at radius 2 is 1.70 bits per heavy atom. The van der Waals surface area contributed by atoms with Gasteiger partial charge in [-0.3, -0.25) is 4.79 Å². The minimum atomic E-state index is -1.24. The molecule has 2 aromatic rings. The lowest BCUT2D eigenvalue weighted by Crippen LogP contribution is -2.15. The van der Waals surface area contributed by atoms with Crippen molar-refractivity contribution in [1.82, 2.24) is 4.98 Å². The molecule has 164 valence electrons. The zero-order chi connectivity index (χ0) is 21.3. The van der Waals surface area contributed by atoms with Crippen LogP contribution in [-0.2, 0) is 0 Å². The molecule has 1 aromatic heterocycles. The van der Waals surface area contributed by atoms with Crippen LogP contribution in [0.3, 0.4) is 0 Å². The quantitative estimate of drug-likeness (QED) is 0.396. The third-order valence-corrected chi connectivity index (χ3v) is 5.60. The number of unbranched alkanes of at least 4 members (excludes halogenated alkanes) is 7. The van der Waals surface area contributed by atoms with Crippen molar-refractivity contribution in [3.63, 3.8) is 0 Å². The Balaban J connectivity index is 1.63. The first-order chi connectivity index (χ1) is 14.6. The average molecular weight is 416 g/mol. The molecule has 30 heavy (non-hydrogen) atoms. The fourth-order valence-electron chi connectivity index (χ4n) is 3.52. The van der Waals surface area contributed by atoms with E-state index in [2.05, 4.69) is 11.9 Å². The van der Waals surface area contributed by atoms with E-state index in [0.717, 1.165) is 25.7 Å². The zero-order valence-corrected chi connectivity index (χ0v) is 17.9. The molecule has 0 spiro atoms. The summed E-state index contributed by atoms with van der Waals surface area (Å²) < 4.78 is 11.9. The summed E-state index contributed by atoms with van der Waals surface area (Å²) >= 11 is 0. The lowest BCUT2D eigenvalue weighted by molar-refractivity contribution is 0.0695. The first-order valence-corrected chi connectivity index (χ1v) is 11.3. The number of carboxylic acids is 1. The van der Waals surface area contributed by atoms with Crippen molar-refractivity contribution in [2.24, 2.45) is 5.92 Å². The number of benzene rings is 1. The Bertz CT molecular complexity index is 900. The predicted molar refractivity (Wildman–Crippen MR) is 118 cm³/mol. The topological polar surface area (TPSA) is 88.6 Å². The van der Waals surface area contributed by atoms with Crippen LogP contribution < -0.4 is 14.9 Å². The number of carbonyl (C=O) groups is 1. The fourth-order valence-corrected chi connectivity index (χ4v) is 3.52. The molecule has 0 radical (unpaired) electrons. The standard InChI is InChI=1S/C24H33NO5/c1-2-3-4-5-6-7-8-9-12-29-22-14-20-18(13-21(22)30-16-17-10-11-17)23(26)19(15-25-20)24(27)28/h13-15,17H,2-12,16H2,1H3,(H,25,26)(H,27,28). The van der Waals surface area contributed by atoms with Crippen molar-refractivity contribution in [2.75, 3.05) is 13.2 Å². The molecule has 0 atom stereocenters. The zero-order valence-electron chi connectivity index (χ0n) is 17.9. The summed E-state index contributed by atoms with van der Waals surface area (Å²) in [6.07, 6.45) is 13.4. The molecule has 2 N–H and O–H groups in total. The van der Waals surface area contributed by atoms with E-state index in [1.54, 1.807) is 12.1 Å². The van der Waals surface area contributed by atoms with Crippen molar-refractivity contribution in [3.05, 3.63) is 34.1 Å². The molecular weight excluding hydrogens is 382 g/mol. The first kappa shape index (κ1) is 22.2. The Hall–Kier alpha value is -2.50. The minimum Gasteiger partial charge on any atom is -0.490 e. The summed E-state index contributed by atoms with van der Waals surface area (Å²) in [5.74, 6) is 0.435. The summed E-state index contributed by atoms with van der Waals surface area (Å²) in [5, 5.41) is 9.51. The first-order valence-electron chi connectivity index (χ1n) is 11.3. The van der Waals surface area contributed by atoms with Crippen LogP contribution in [0.5, 0.6) is 11.5 Å². The highest BCUT2D eigenvalue weighted by molar-refractivity contribution is 5.93. The maximum atomic E-state index is 12.5. The monoisotopic (exact) mass is 415 g/mol. The number of pyridine rings is 1. The highest BCUT2D eigenvalue weighted by Gasteiger charge is 2.23. The maximum Gasteiger partial charge on any atom is 0.341 e. The van der Waals surface area contributed by atoms with Gasteiger partial charge in [0.15, 0.2) is 11.5 Å². The lowest BCUT2D eigenvalue weighted by Gasteiger charge is -2.14. The van der Waals surface area contributed by atoms with Crippen LogP contribution in [0.1, 0.15) is 81.5 Å². The predicted octanol–water partition coefficient (Wildman–Crippen LogP) is 5.53. The van der Waals surface area contributed by atoms with Crippen LogP contribution in [0.2, 0.25) is 0 Å². The number of aromatic amines is 1. The van der Waals surface area contributed by atoms with E-state index < -0.39 is 11.4 Å². The van der Waals surface area contributed by atoms with Gasteiger partial charge in [0.05, 0.1) is 24.1 Å². The van der Waals surface area contributed by atoms with Gasteiger partial charge in [-0.2, -0.15) is 0 Å². The number of aromatic carboxylic acids is 1. The van der Waals surface area contributed by atoms with Gasteiger partial charge in [0.25, 0.3) is 0 Å². The molecule has 0 amide bonds. The molecule has 1 heterocycles. The maximum absolute atomic E-state index is 12.5. The second-order valence-corrected chi connectivity index (χ2v) is 8.26. The normalized spacial score (nSPS) is 13.5. The van der Waals surface area contributed by atoms with Crippen LogP contribution >= 0.6 is 0 Å². The van der Waals surface area contributed by atoms with E-state index in [1.807, 2.05) is 0 Å². The molecule has 1 saturated carbocycles. The van der Waals surface area contributed by atoms with Crippen molar-refractivity contribution >= 4 is 16.9 Å². The molecule has 0 unspecified atom stereocenters. The van der Waals surface area contributed by atoms with Gasteiger partial charge >= 0.3 is 5.97 Å². The van der Waals surface area contributed by atoms with Crippen LogP contribution in [0.25, 0.3) is 10.9 Å². The Kier molecular flexibility index (Phi) is 8.17. The van der Waals surface area contributed by atoms with E-state index >= 15 is 0 Å². The molecule has 1 aromatic carbocycles. The van der Waals surface area contributed by atoms with Gasteiger partial charge in [-0.15, -0.1) is 0 Å². The summed E-state index contributed by atoms with van der Waals surface area (Å²) in [6.45, 7) is 3.42. The number of rotatable bonds is 14. The van der Waals surface area contributed by atoms with Crippen molar-refractivity contribution in [1.29, 1.82) is 0 Å². The van der Waals surface area contributed by atoms with E-state index in [9.17, 15) is 14.7 Å². The van der Waals surface area contributed by atoms with Gasteiger partial charge in [-0.05, 0) is 31.2 Å². The molecule has 0 saturated heterocycles. The van der Waals surface area contributed by atoms with Gasteiger partial charge in [-0.1, -0.05) is 51.9 Å². The van der Waals surface area contributed by atoms with Gasteiger partial charge in [-0.25, -0.2) is 4.79 Å². The fraction of sp³-hybridized carbons (Fsp3) is 0.583. The van der Waals surface area contributed by atoms with E-state index in [-0.39, 0.29) is 5.56 Å². The summed E-state index contributed by atoms with van der Waals surface area (Å²) in [5.41, 5.74) is -0.236. The molecule has 0 aliphatic heterocycles. The van der Waals surface area contributed by atoms with Gasteiger partial charge in [0.1, 0.15) is 5.56 Å². The number of ether oxygens (including phenoxy) is 2. The highest BCUT2D eigenvalue weighted by atomic mass is 16.5. The number of fused-ring (bicyclic) bond motifs is 1. The third-order valence-electron chi connectivity index (χ3n) is 5.60. The van der Waals surface area contributed by atoms with Crippen LogP contribution in [0.15, 0.2) is 23.1 Å². The van der Waals surface area contributed by atoms with E-state index in [1.165, 1.54) is 44.7 Å². The molecule has 3 rings (SSSR count). The van der Waals surface area contributed by atoms with Crippen molar-refractivity contribution < 1.29 is 19.4 Å². The largest absolute Gasteiger partial charge is 0.490 e. The Morgan fingerprint density at radius 3 is 2.37 bits per heavy atom. The van der Waals surface area contributed by atoms with Gasteiger partial charge in [0, 0.05) is 12.3 Å². The number of nitrogens with one attached hydrogen (secondary N) is 1. The minimum absolute atomic E-state index is 0.275. The number of carboxylic acid groups (broad SMARTS) is 1. The third kappa shape index (κ3) is 6.25. The van der Waals surface area contributed by atoms with Gasteiger partial charge < -0.3 is 19.6 Å². The SMILES string of the molecule is CCCCCCCCCCOc1cc2[nH]cc(C(=O)O)c(=O)c2cc1OCC1CC1. The van der Waals surface area contributed by atoms with Crippen LogP contribution in [-0.4, -0.2) is 29.3 Å². The second kappa shape index (κ2) is 11.0. The summed E-state index contributed by atoms with van der Waals surface area (Å²) in [6, 6.07) is 3.36. The van der Waals surface area contributed by atoms with Crippen molar-refractivity contribution in [3.8, 4) is 11.5 Å². The van der Waals surface area contributed by atoms with Crippen LogP contribution in [0.4, 0.5) is 0 Å². The molecule has 0 bridgehead atoms. The van der Waals surface area contributed by atoms with E-state index in [4.69, 9.17) is 9.47 Å². The molecule has 1 aliphatic carbocycles. The summed E-state index contributed by atoms with van der Waals surface area (Å²) in [7, 11) is 0. The molecule has 1 fully saturated rings. The Labute approximate surface area is 177 Å². The smallest absolute Gasteiger partial charge is 0.341 e. The number of H-pyrrole nitrogens is 1.